The Kier molecular flexibility index (Phi) is 2.90. The molecule has 1 aliphatic rings. The molecule has 0 radical (unpaired) electrons. The van der Waals surface area contributed by atoms with E-state index in [2.05, 4.69) is 42.5 Å². The van der Waals surface area contributed by atoms with Crippen molar-refractivity contribution in [3.8, 4) is 16.9 Å². The van der Waals surface area contributed by atoms with Gasteiger partial charge in [0.25, 0.3) is 0 Å². The monoisotopic (exact) mass is 276 g/mol. The number of benzene rings is 3. The van der Waals surface area contributed by atoms with Gasteiger partial charge >= 0.3 is 0 Å². The van der Waals surface area contributed by atoms with Crippen LogP contribution in [0, 0.1) is 0 Å². The minimum Gasteiger partial charge on any atom is -0.492 e. The van der Waals surface area contributed by atoms with E-state index in [0.717, 1.165) is 40.9 Å². The highest BCUT2D eigenvalue weighted by Gasteiger charge is 2.18. The lowest BCUT2D eigenvalue weighted by Gasteiger charge is -2.13. The molecular weight excluding hydrogens is 260 g/mol. The zero-order chi connectivity index (χ0) is 14.2. The van der Waals surface area contributed by atoms with Gasteiger partial charge in [-0.3, -0.25) is 0 Å². The Morgan fingerprint density at radius 1 is 0.952 bits per heavy atom. The van der Waals surface area contributed by atoms with Crippen molar-refractivity contribution in [2.45, 2.75) is 13.0 Å². The average molecular weight is 276 g/mol. The molecular formula is C19H16O2. The molecule has 2 heteroatoms. The van der Waals surface area contributed by atoms with Gasteiger partial charge in [-0.15, -0.1) is 0 Å². The number of hydrogen-bond acceptors (Lipinski definition) is 2. The Hall–Kier alpha value is -2.32. The molecule has 3 aromatic rings. The molecule has 21 heavy (non-hydrogen) atoms. The van der Waals surface area contributed by atoms with Crippen LogP contribution in [-0.2, 0) is 13.0 Å². The molecule has 3 aromatic carbocycles. The molecule has 0 fully saturated rings. The predicted octanol–water partition coefficient (Wildman–Crippen LogP) is 3.93. The third kappa shape index (κ3) is 1.99. The highest BCUT2D eigenvalue weighted by atomic mass is 16.5. The predicted molar refractivity (Wildman–Crippen MR) is 84.5 cm³/mol. The number of fused-ring (bicyclic) bond motifs is 2. The summed E-state index contributed by atoms with van der Waals surface area (Å²) < 4.78 is 5.84. The Balaban J connectivity index is 2.04. The number of aliphatic hydroxyl groups excluding tert-OH is 1. The fourth-order valence-corrected chi connectivity index (χ4v) is 3.11. The maximum absolute atomic E-state index is 9.53. The van der Waals surface area contributed by atoms with Crippen LogP contribution in [0.1, 0.15) is 11.1 Å². The van der Waals surface area contributed by atoms with E-state index in [9.17, 15) is 5.11 Å². The van der Waals surface area contributed by atoms with Crippen molar-refractivity contribution in [3.05, 3.63) is 65.7 Å². The van der Waals surface area contributed by atoms with Crippen LogP contribution in [0.5, 0.6) is 5.75 Å². The molecule has 1 aliphatic heterocycles. The third-order valence-electron chi connectivity index (χ3n) is 4.11. The molecule has 0 amide bonds. The van der Waals surface area contributed by atoms with Gasteiger partial charge in [-0.05, 0) is 39.6 Å². The van der Waals surface area contributed by atoms with Gasteiger partial charge in [-0.25, -0.2) is 0 Å². The fraction of sp³-hybridized carbons (Fsp3) is 0.158. The average Bonchev–Trinajstić information content (AvgIpc) is 3.02. The van der Waals surface area contributed by atoms with Crippen LogP contribution in [-0.4, -0.2) is 11.7 Å². The van der Waals surface area contributed by atoms with Gasteiger partial charge in [0.2, 0.25) is 0 Å². The summed E-state index contributed by atoms with van der Waals surface area (Å²) in [4.78, 5) is 0. The van der Waals surface area contributed by atoms with Gasteiger partial charge in [-0.2, -0.15) is 0 Å². The van der Waals surface area contributed by atoms with Crippen LogP contribution in [0.4, 0.5) is 0 Å². The van der Waals surface area contributed by atoms with E-state index < -0.39 is 0 Å². The van der Waals surface area contributed by atoms with Crippen molar-refractivity contribution in [2.24, 2.45) is 0 Å². The molecule has 0 unspecified atom stereocenters. The number of ether oxygens (including phenoxy) is 1. The summed E-state index contributed by atoms with van der Waals surface area (Å²) in [6.45, 7) is 0.803. The summed E-state index contributed by atoms with van der Waals surface area (Å²) in [7, 11) is 0. The van der Waals surface area contributed by atoms with Crippen LogP contribution in [0.3, 0.4) is 0 Å². The molecule has 0 saturated heterocycles. The van der Waals surface area contributed by atoms with E-state index in [1.165, 1.54) is 10.9 Å². The van der Waals surface area contributed by atoms with Crippen molar-refractivity contribution in [1.29, 1.82) is 0 Å². The summed E-state index contributed by atoms with van der Waals surface area (Å²) in [6, 6.07) is 18.7. The third-order valence-corrected chi connectivity index (χ3v) is 4.11. The molecule has 0 atom stereocenters. The fourth-order valence-electron chi connectivity index (χ4n) is 3.11. The first-order chi connectivity index (χ1) is 10.4. The van der Waals surface area contributed by atoms with E-state index in [1.54, 1.807) is 0 Å². The normalized spacial score (nSPS) is 13.2. The zero-order valence-electron chi connectivity index (χ0n) is 11.7. The van der Waals surface area contributed by atoms with E-state index >= 15 is 0 Å². The quantitative estimate of drug-likeness (QED) is 0.768. The van der Waals surface area contributed by atoms with Gasteiger partial charge < -0.3 is 9.84 Å². The van der Waals surface area contributed by atoms with Crippen molar-refractivity contribution < 1.29 is 9.84 Å². The van der Waals surface area contributed by atoms with E-state index in [1.807, 2.05) is 12.1 Å². The van der Waals surface area contributed by atoms with Crippen LogP contribution in [0.2, 0.25) is 0 Å². The Morgan fingerprint density at radius 3 is 2.76 bits per heavy atom. The lowest BCUT2D eigenvalue weighted by Crippen LogP contribution is -1.91. The van der Waals surface area contributed by atoms with Crippen molar-refractivity contribution >= 4 is 10.8 Å². The summed E-state index contributed by atoms with van der Waals surface area (Å²) in [6.07, 6.45) is 0.973. The SMILES string of the molecule is OCc1cc(-c2cccc3c2OCC3)c2ccccc2c1. The van der Waals surface area contributed by atoms with Crippen molar-refractivity contribution in [2.75, 3.05) is 6.61 Å². The maximum atomic E-state index is 9.53. The van der Waals surface area contributed by atoms with E-state index in [0.29, 0.717) is 0 Å². The smallest absolute Gasteiger partial charge is 0.130 e. The van der Waals surface area contributed by atoms with Gasteiger partial charge in [0, 0.05) is 12.0 Å². The first-order valence-corrected chi connectivity index (χ1v) is 7.24. The Labute approximate surface area is 123 Å². The first kappa shape index (κ1) is 12.4. The van der Waals surface area contributed by atoms with Gasteiger partial charge in [0.05, 0.1) is 13.2 Å². The Morgan fingerprint density at radius 2 is 1.86 bits per heavy atom. The molecule has 0 aliphatic carbocycles. The van der Waals surface area contributed by atoms with Crippen LogP contribution < -0.4 is 4.74 Å². The van der Waals surface area contributed by atoms with E-state index in [-0.39, 0.29) is 6.61 Å². The van der Waals surface area contributed by atoms with E-state index in [4.69, 9.17) is 4.74 Å². The molecule has 0 aromatic heterocycles. The highest BCUT2D eigenvalue weighted by Crippen LogP contribution is 2.40. The van der Waals surface area contributed by atoms with Gasteiger partial charge in [0.15, 0.2) is 0 Å². The summed E-state index contributed by atoms with van der Waals surface area (Å²) >= 11 is 0. The van der Waals surface area contributed by atoms with Crippen LogP contribution in [0.15, 0.2) is 54.6 Å². The largest absolute Gasteiger partial charge is 0.492 e. The lowest BCUT2D eigenvalue weighted by molar-refractivity contribution is 0.282. The maximum Gasteiger partial charge on any atom is 0.130 e. The van der Waals surface area contributed by atoms with Crippen molar-refractivity contribution in [3.63, 3.8) is 0 Å². The summed E-state index contributed by atoms with van der Waals surface area (Å²) in [5.41, 5.74) is 4.46. The van der Waals surface area contributed by atoms with Gasteiger partial charge in [0.1, 0.15) is 5.75 Å². The number of hydrogen-bond donors (Lipinski definition) is 1. The molecule has 1 N–H and O–H groups in total. The molecule has 104 valence electrons. The number of rotatable bonds is 2. The summed E-state index contributed by atoms with van der Waals surface area (Å²) in [5, 5.41) is 11.9. The molecule has 4 rings (SSSR count). The standard InChI is InChI=1S/C19H16O2/c20-12-13-10-15-4-1-2-6-16(15)18(11-13)17-7-3-5-14-8-9-21-19(14)17/h1-7,10-11,20H,8-9,12H2. The molecule has 0 spiro atoms. The number of para-hydroxylation sites is 1. The lowest BCUT2D eigenvalue weighted by atomic mass is 9.94. The second-order valence-electron chi connectivity index (χ2n) is 5.41. The summed E-state index contributed by atoms with van der Waals surface area (Å²) in [5.74, 6) is 0.998. The number of aliphatic hydroxyl groups is 1. The molecule has 0 bridgehead atoms. The highest BCUT2D eigenvalue weighted by molar-refractivity contribution is 5.98. The zero-order valence-corrected chi connectivity index (χ0v) is 11.7. The molecule has 1 heterocycles. The second kappa shape index (κ2) is 4.90. The Bertz CT molecular complexity index is 821. The minimum atomic E-state index is 0.0493. The minimum absolute atomic E-state index is 0.0493. The van der Waals surface area contributed by atoms with Crippen LogP contribution in [0.25, 0.3) is 21.9 Å². The topological polar surface area (TPSA) is 29.5 Å². The molecule has 2 nitrogen and oxygen atoms in total. The van der Waals surface area contributed by atoms with Crippen LogP contribution >= 0.6 is 0 Å². The first-order valence-electron chi connectivity index (χ1n) is 7.24. The van der Waals surface area contributed by atoms with Crippen molar-refractivity contribution in [1.82, 2.24) is 0 Å². The second-order valence-corrected chi connectivity index (χ2v) is 5.41. The van der Waals surface area contributed by atoms with Gasteiger partial charge in [-0.1, -0.05) is 42.5 Å². The molecule has 0 saturated carbocycles.